The van der Waals surface area contributed by atoms with E-state index in [0.717, 1.165) is 42.8 Å². The molecule has 1 saturated heterocycles. The highest BCUT2D eigenvalue weighted by atomic mass is 79.9. The molecule has 0 unspecified atom stereocenters. The molecule has 0 atom stereocenters. The van der Waals surface area contributed by atoms with Gasteiger partial charge in [0.2, 0.25) is 5.91 Å². The third kappa shape index (κ3) is 4.68. The van der Waals surface area contributed by atoms with Gasteiger partial charge in [0.25, 0.3) is 0 Å². The molecule has 0 bridgehead atoms. The largest absolute Gasteiger partial charge is 0.340 e. The van der Waals surface area contributed by atoms with Crippen LogP contribution in [0.15, 0.2) is 53.0 Å². The molecule has 0 saturated carbocycles. The number of carbonyl (C=O) groups is 1. The van der Waals surface area contributed by atoms with Gasteiger partial charge in [-0.2, -0.15) is 0 Å². The molecule has 3 rings (SSSR count). The highest BCUT2D eigenvalue weighted by Gasteiger charge is 2.21. The number of nitrogens with zero attached hydrogens (tertiary/aromatic N) is 2. The first-order valence-electron chi connectivity index (χ1n) is 8.40. The van der Waals surface area contributed by atoms with Crippen molar-refractivity contribution in [3.8, 4) is 0 Å². The van der Waals surface area contributed by atoms with E-state index in [4.69, 9.17) is 0 Å². The van der Waals surface area contributed by atoms with Crippen molar-refractivity contribution >= 4 is 21.8 Å². The van der Waals surface area contributed by atoms with Crippen LogP contribution < -0.4 is 0 Å². The molecule has 24 heavy (non-hydrogen) atoms. The molecule has 126 valence electrons. The van der Waals surface area contributed by atoms with Crippen molar-refractivity contribution in [2.45, 2.75) is 19.9 Å². The van der Waals surface area contributed by atoms with Crippen molar-refractivity contribution in [3.05, 3.63) is 69.7 Å². The zero-order valence-corrected chi connectivity index (χ0v) is 15.6. The minimum Gasteiger partial charge on any atom is -0.340 e. The first-order chi connectivity index (χ1) is 11.6. The maximum Gasteiger partial charge on any atom is 0.227 e. The third-order valence-corrected chi connectivity index (χ3v) is 4.95. The predicted octanol–water partition coefficient (Wildman–Crippen LogP) is 3.64. The predicted molar refractivity (Wildman–Crippen MR) is 101 cm³/mol. The highest BCUT2D eigenvalue weighted by Crippen LogP contribution is 2.14. The quantitative estimate of drug-likeness (QED) is 0.800. The van der Waals surface area contributed by atoms with E-state index in [1.165, 1.54) is 11.1 Å². The lowest BCUT2D eigenvalue weighted by Gasteiger charge is -2.35. The second-order valence-corrected chi connectivity index (χ2v) is 7.37. The minimum absolute atomic E-state index is 0.225. The summed E-state index contributed by atoms with van der Waals surface area (Å²) in [7, 11) is 0. The molecule has 1 amide bonds. The van der Waals surface area contributed by atoms with Crippen LogP contribution in [0.3, 0.4) is 0 Å². The van der Waals surface area contributed by atoms with E-state index in [0.29, 0.717) is 6.42 Å². The summed E-state index contributed by atoms with van der Waals surface area (Å²) < 4.78 is 1.02. The molecule has 1 aliphatic rings. The van der Waals surface area contributed by atoms with Crippen molar-refractivity contribution in [2.24, 2.45) is 0 Å². The van der Waals surface area contributed by atoms with Crippen LogP contribution in [0.2, 0.25) is 0 Å². The van der Waals surface area contributed by atoms with Crippen molar-refractivity contribution in [1.82, 2.24) is 9.80 Å². The van der Waals surface area contributed by atoms with Gasteiger partial charge in [0.15, 0.2) is 0 Å². The monoisotopic (exact) mass is 386 g/mol. The van der Waals surface area contributed by atoms with E-state index in [2.05, 4.69) is 52.0 Å². The lowest BCUT2D eigenvalue weighted by molar-refractivity contribution is -0.132. The summed E-state index contributed by atoms with van der Waals surface area (Å²) >= 11 is 3.46. The van der Waals surface area contributed by atoms with Crippen LogP contribution in [-0.4, -0.2) is 41.9 Å². The van der Waals surface area contributed by atoms with E-state index in [-0.39, 0.29) is 5.91 Å². The van der Waals surface area contributed by atoms with E-state index in [1.807, 2.05) is 29.2 Å². The van der Waals surface area contributed by atoms with E-state index < -0.39 is 0 Å². The Morgan fingerprint density at radius 1 is 1.00 bits per heavy atom. The topological polar surface area (TPSA) is 23.6 Å². The summed E-state index contributed by atoms with van der Waals surface area (Å²) in [6.07, 6.45) is 0.483. The van der Waals surface area contributed by atoms with Crippen LogP contribution in [0.4, 0.5) is 0 Å². The van der Waals surface area contributed by atoms with Gasteiger partial charge in [-0.05, 0) is 30.2 Å². The molecular weight excluding hydrogens is 364 g/mol. The van der Waals surface area contributed by atoms with Gasteiger partial charge in [-0.3, -0.25) is 9.69 Å². The molecule has 0 aromatic heterocycles. The van der Waals surface area contributed by atoms with Gasteiger partial charge >= 0.3 is 0 Å². The number of aryl methyl sites for hydroxylation is 1. The fraction of sp³-hybridized carbons (Fsp3) is 0.350. The molecule has 0 aliphatic carbocycles. The Kier molecular flexibility index (Phi) is 5.69. The average molecular weight is 387 g/mol. The maximum absolute atomic E-state index is 12.5. The fourth-order valence-corrected chi connectivity index (χ4v) is 3.60. The molecule has 1 heterocycles. The fourth-order valence-electron chi connectivity index (χ4n) is 3.16. The summed E-state index contributed by atoms with van der Waals surface area (Å²) in [5.41, 5.74) is 3.72. The van der Waals surface area contributed by atoms with E-state index in [1.54, 1.807) is 0 Å². The lowest BCUT2D eigenvalue weighted by Crippen LogP contribution is -2.48. The number of hydrogen-bond donors (Lipinski definition) is 0. The van der Waals surface area contributed by atoms with Gasteiger partial charge in [-0.1, -0.05) is 57.9 Å². The summed E-state index contributed by atoms with van der Waals surface area (Å²) in [4.78, 5) is 16.9. The second kappa shape index (κ2) is 7.95. The first kappa shape index (κ1) is 17.2. The van der Waals surface area contributed by atoms with Crippen LogP contribution in [0.1, 0.15) is 16.7 Å². The number of amides is 1. The molecule has 0 spiro atoms. The van der Waals surface area contributed by atoms with Gasteiger partial charge in [-0.15, -0.1) is 0 Å². The Morgan fingerprint density at radius 2 is 1.71 bits per heavy atom. The highest BCUT2D eigenvalue weighted by molar-refractivity contribution is 9.10. The smallest absolute Gasteiger partial charge is 0.227 e. The van der Waals surface area contributed by atoms with Crippen molar-refractivity contribution in [3.63, 3.8) is 0 Å². The van der Waals surface area contributed by atoms with Gasteiger partial charge in [-0.25, -0.2) is 0 Å². The Bertz CT molecular complexity index is 708. The molecule has 1 fully saturated rings. The normalized spacial score (nSPS) is 15.5. The average Bonchev–Trinajstić information content (AvgIpc) is 2.55. The van der Waals surface area contributed by atoms with Gasteiger partial charge in [0.05, 0.1) is 6.42 Å². The minimum atomic E-state index is 0.225. The van der Waals surface area contributed by atoms with Gasteiger partial charge < -0.3 is 4.90 Å². The lowest BCUT2D eigenvalue weighted by atomic mass is 10.1. The number of halogens is 1. The molecular formula is C20H23BrN2O. The van der Waals surface area contributed by atoms with Crippen LogP contribution in [0.5, 0.6) is 0 Å². The van der Waals surface area contributed by atoms with E-state index >= 15 is 0 Å². The molecule has 1 aliphatic heterocycles. The summed E-state index contributed by atoms with van der Waals surface area (Å²) in [5.74, 6) is 0.225. The standard InChI is InChI=1S/C20H23BrN2O/c1-16-4-2-6-18(12-16)15-22-8-10-23(11-9-22)20(24)14-17-5-3-7-19(21)13-17/h2-7,12-13H,8-11,14-15H2,1H3. The molecule has 3 nitrogen and oxygen atoms in total. The first-order valence-corrected chi connectivity index (χ1v) is 9.19. The van der Waals surface area contributed by atoms with Crippen LogP contribution >= 0.6 is 15.9 Å². The zero-order valence-electron chi connectivity index (χ0n) is 14.0. The van der Waals surface area contributed by atoms with Crippen LogP contribution in [0.25, 0.3) is 0 Å². The van der Waals surface area contributed by atoms with Gasteiger partial charge in [0.1, 0.15) is 0 Å². The summed E-state index contributed by atoms with van der Waals surface area (Å²) in [5, 5.41) is 0. The Balaban J connectivity index is 1.50. The van der Waals surface area contributed by atoms with Gasteiger partial charge in [0, 0.05) is 37.2 Å². The van der Waals surface area contributed by atoms with Crippen molar-refractivity contribution < 1.29 is 4.79 Å². The van der Waals surface area contributed by atoms with Crippen molar-refractivity contribution in [1.29, 1.82) is 0 Å². The summed E-state index contributed by atoms with van der Waals surface area (Å²) in [6.45, 7) is 6.62. The maximum atomic E-state index is 12.5. The molecule has 4 heteroatoms. The SMILES string of the molecule is Cc1cccc(CN2CCN(C(=O)Cc3cccc(Br)c3)CC2)c1. The van der Waals surface area contributed by atoms with Crippen molar-refractivity contribution in [2.75, 3.05) is 26.2 Å². The Hall–Kier alpha value is -1.65. The number of carbonyl (C=O) groups excluding carboxylic acids is 1. The van der Waals surface area contributed by atoms with E-state index in [9.17, 15) is 4.79 Å². The molecule has 2 aromatic carbocycles. The zero-order chi connectivity index (χ0) is 16.9. The summed E-state index contributed by atoms with van der Waals surface area (Å²) in [6, 6.07) is 16.7. The molecule has 0 radical (unpaired) electrons. The number of benzene rings is 2. The number of rotatable bonds is 4. The molecule has 2 aromatic rings. The second-order valence-electron chi connectivity index (χ2n) is 6.45. The Labute approximate surface area is 152 Å². The Morgan fingerprint density at radius 3 is 2.42 bits per heavy atom. The molecule has 0 N–H and O–H groups in total. The van der Waals surface area contributed by atoms with Crippen LogP contribution in [-0.2, 0) is 17.8 Å². The number of hydrogen-bond acceptors (Lipinski definition) is 2. The third-order valence-electron chi connectivity index (χ3n) is 4.46. The van der Waals surface area contributed by atoms with Crippen LogP contribution in [0, 0.1) is 6.92 Å². The number of piperazine rings is 1.